The van der Waals surface area contributed by atoms with Gasteiger partial charge in [0.05, 0.1) is 32.0 Å². The van der Waals surface area contributed by atoms with Gasteiger partial charge in [-0.1, -0.05) is 42.0 Å². The second-order valence-electron chi connectivity index (χ2n) is 9.04. The van der Waals surface area contributed by atoms with Crippen LogP contribution in [0.4, 0.5) is 0 Å². The Morgan fingerprint density at radius 3 is 2.49 bits per heavy atom. The van der Waals surface area contributed by atoms with Crippen LogP contribution in [0.25, 0.3) is 22.2 Å². The highest BCUT2D eigenvalue weighted by atomic mass is 16.5. The van der Waals surface area contributed by atoms with Crippen LogP contribution >= 0.6 is 0 Å². The van der Waals surface area contributed by atoms with Gasteiger partial charge in [-0.2, -0.15) is 0 Å². The van der Waals surface area contributed by atoms with E-state index in [1.165, 1.54) is 0 Å². The van der Waals surface area contributed by atoms with Crippen molar-refractivity contribution < 1.29 is 19.0 Å². The molecule has 0 N–H and O–H groups in total. The molecule has 4 aromatic rings. The number of para-hydroxylation sites is 1. The van der Waals surface area contributed by atoms with Gasteiger partial charge in [0.2, 0.25) is 5.91 Å². The van der Waals surface area contributed by atoms with E-state index < -0.39 is 0 Å². The lowest BCUT2D eigenvalue weighted by molar-refractivity contribution is -0.132. The zero-order valence-electron chi connectivity index (χ0n) is 22.0. The Bertz CT molecular complexity index is 1370. The van der Waals surface area contributed by atoms with Crippen molar-refractivity contribution in [3.05, 3.63) is 89.5 Å². The van der Waals surface area contributed by atoms with Crippen LogP contribution in [0, 0.1) is 6.92 Å². The average molecular weight is 499 g/mol. The Labute approximate surface area is 218 Å². The first-order chi connectivity index (χ1) is 18.0. The van der Waals surface area contributed by atoms with Crippen LogP contribution in [0.2, 0.25) is 0 Å². The molecule has 3 aromatic carbocycles. The highest BCUT2D eigenvalue weighted by Crippen LogP contribution is 2.30. The van der Waals surface area contributed by atoms with Gasteiger partial charge in [0.15, 0.2) is 0 Å². The van der Waals surface area contributed by atoms with E-state index in [1.807, 2.05) is 53.4 Å². The number of benzene rings is 3. The van der Waals surface area contributed by atoms with Crippen molar-refractivity contribution >= 4 is 16.8 Å². The number of methoxy groups -OCH3 is 3. The van der Waals surface area contributed by atoms with Gasteiger partial charge in [0, 0.05) is 43.6 Å². The van der Waals surface area contributed by atoms with Crippen LogP contribution in [0.3, 0.4) is 0 Å². The Hall–Kier alpha value is -3.90. The number of hydrogen-bond donors (Lipinski definition) is 0. The number of pyridine rings is 1. The minimum Gasteiger partial charge on any atom is -0.497 e. The fraction of sp³-hybridized carbons (Fsp3) is 0.290. The average Bonchev–Trinajstić information content (AvgIpc) is 2.93. The first kappa shape index (κ1) is 26.2. The Morgan fingerprint density at radius 2 is 1.73 bits per heavy atom. The molecule has 4 rings (SSSR count). The molecular formula is C31H34N2O4. The third-order valence-corrected chi connectivity index (χ3v) is 6.48. The zero-order valence-corrected chi connectivity index (χ0v) is 22.0. The van der Waals surface area contributed by atoms with Crippen LogP contribution in [0.1, 0.15) is 23.1 Å². The summed E-state index contributed by atoms with van der Waals surface area (Å²) < 4.78 is 16.2. The van der Waals surface area contributed by atoms with Gasteiger partial charge < -0.3 is 19.1 Å². The van der Waals surface area contributed by atoms with Crippen LogP contribution in [-0.2, 0) is 22.5 Å². The van der Waals surface area contributed by atoms with Gasteiger partial charge in [-0.3, -0.25) is 4.79 Å². The monoisotopic (exact) mass is 498 g/mol. The van der Waals surface area contributed by atoms with Crippen molar-refractivity contribution in [2.45, 2.75) is 26.3 Å². The van der Waals surface area contributed by atoms with Crippen LogP contribution in [0.15, 0.2) is 72.8 Å². The molecule has 1 heterocycles. The van der Waals surface area contributed by atoms with E-state index in [-0.39, 0.29) is 5.91 Å². The predicted octanol–water partition coefficient (Wildman–Crippen LogP) is 5.84. The fourth-order valence-corrected chi connectivity index (χ4v) is 4.49. The topological polar surface area (TPSA) is 60.9 Å². The van der Waals surface area contributed by atoms with E-state index in [1.54, 1.807) is 21.3 Å². The van der Waals surface area contributed by atoms with Crippen LogP contribution in [-0.4, -0.2) is 50.3 Å². The molecule has 0 spiro atoms. The number of nitrogens with zero attached hydrogens (tertiary/aromatic N) is 2. The molecule has 0 radical (unpaired) electrons. The summed E-state index contributed by atoms with van der Waals surface area (Å²) in [4.78, 5) is 20.4. The molecule has 37 heavy (non-hydrogen) atoms. The van der Waals surface area contributed by atoms with Crippen molar-refractivity contribution in [2.24, 2.45) is 0 Å². The summed E-state index contributed by atoms with van der Waals surface area (Å²) in [5.41, 5.74) is 5.90. The molecule has 0 atom stereocenters. The smallest absolute Gasteiger partial charge is 0.223 e. The van der Waals surface area contributed by atoms with Gasteiger partial charge in [0.1, 0.15) is 11.5 Å². The number of ether oxygens (including phenoxy) is 3. The number of hydrogen-bond acceptors (Lipinski definition) is 5. The summed E-state index contributed by atoms with van der Waals surface area (Å²) in [7, 11) is 4.96. The summed E-state index contributed by atoms with van der Waals surface area (Å²) in [6.45, 7) is 3.46. The summed E-state index contributed by atoms with van der Waals surface area (Å²) in [6, 6.07) is 24.1. The molecule has 6 heteroatoms. The normalized spacial score (nSPS) is 10.9. The number of carbonyl (C=O) groups is 1. The van der Waals surface area contributed by atoms with Gasteiger partial charge in [-0.15, -0.1) is 0 Å². The molecule has 192 valence electrons. The van der Waals surface area contributed by atoms with E-state index in [9.17, 15) is 4.79 Å². The predicted molar refractivity (Wildman–Crippen MR) is 147 cm³/mol. The van der Waals surface area contributed by atoms with Crippen LogP contribution in [0.5, 0.6) is 11.5 Å². The zero-order chi connectivity index (χ0) is 26.2. The number of rotatable bonds is 11. The Morgan fingerprint density at radius 1 is 0.892 bits per heavy atom. The van der Waals surface area contributed by atoms with Gasteiger partial charge in [-0.05, 0) is 54.8 Å². The summed E-state index contributed by atoms with van der Waals surface area (Å²) in [6.07, 6.45) is 0.981. The fourth-order valence-electron chi connectivity index (χ4n) is 4.49. The SMILES string of the molecule is COCCN(Cc1cc2ccc(OC)cc2nc1-c1cccc(C)c1)C(=O)CCc1ccccc1OC. The second kappa shape index (κ2) is 12.4. The molecule has 1 amide bonds. The number of fused-ring (bicyclic) bond motifs is 1. The maximum atomic E-state index is 13.5. The van der Waals surface area contributed by atoms with Crippen molar-refractivity contribution in [1.82, 2.24) is 9.88 Å². The minimum absolute atomic E-state index is 0.0629. The Kier molecular flexibility index (Phi) is 8.75. The molecule has 0 bridgehead atoms. The third-order valence-electron chi connectivity index (χ3n) is 6.48. The lowest BCUT2D eigenvalue weighted by atomic mass is 10.0. The molecule has 0 aliphatic carbocycles. The number of amides is 1. The summed E-state index contributed by atoms with van der Waals surface area (Å²) in [5.74, 6) is 1.62. The molecule has 0 saturated heterocycles. The summed E-state index contributed by atoms with van der Waals surface area (Å²) in [5, 5.41) is 1.00. The quantitative estimate of drug-likeness (QED) is 0.260. The number of carbonyl (C=O) groups excluding carboxylic acids is 1. The third kappa shape index (κ3) is 6.46. The van der Waals surface area contributed by atoms with Gasteiger partial charge >= 0.3 is 0 Å². The minimum atomic E-state index is 0.0629. The molecular weight excluding hydrogens is 464 g/mol. The molecule has 0 unspecified atom stereocenters. The van der Waals surface area contributed by atoms with Crippen LogP contribution < -0.4 is 9.47 Å². The molecule has 1 aromatic heterocycles. The number of aryl methyl sites for hydroxylation is 2. The van der Waals surface area contributed by atoms with Crippen molar-refractivity contribution in [3.8, 4) is 22.8 Å². The Balaban J connectivity index is 1.67. The largest absolute Gasteiger partial charge is 0.497 e. The standard InChI is InChI=1S/C31H34N2O4/c1-22-8-7-10-25(18-22)31-26(19-24-12-14-27(36-3)20-28(24)32-31)21-33(16-17-35-2)30(34)15-13-23-9-5-6-11-29(23)37-4/h5-12,14,18-20H,13,15-17,21H2,1-4H3. The van der Waals surface area contributed by atoms with Crippen molar-refractivity contribution in [1.29, 1.82) is 0 Å². The van der Waals surface area contributed by atoms with E-state index in [4.69, 9.17) is 19.2 Å². The van der Waals surface area contributed by atoms with Crippen molar-refractivity contribution in [2.75, 3.05) is 34.5 Å². The maximum absolute atomic E-state index is 13.5. The molecule has 0 fully saturated rings. The molecule has 0 aliphatic heterocycles. The highest BCUT2D eigenvalue weighted by Gasteiger charge is 2.19. The first-order valence-corrected chi connectivity index (χ1v) is 12.5. The molecule has 0 saturated carbocycles. The first-order valence-electron chi connectivity index (χ1n) is 12.5. The van der Waals surface area contributed by atoms with E-state index in [0.29, 0.717) is 32.5 Å². The molecule has 6 nitrogen and oxygen atoms in total. The highest BCUT2D eigenvalue weighted by molar-refractivity contribution is 5.85. The van der Waals surface area contributed by atoms with Gasteiger partial charge in [-0.25, -0.2) is 4.98 Å². The van der Waals surface area contributed by atoms with Crippen molar-refractivity contribution in [3.63, 3.8) is 0 Å². The van der Waals surface area contributed by atoms with Gasteiger partial charge in [0.25, 0.3) is 0 Å². The maximum Gasteiger partial charge on any atom is 0.223 e. The lowest BCUT2D eigenvalue weighted by Gasteiger charge is -2.24. The lowest BCUT2D eigenvalue weighted by Crippen LogP contribution is -2.34. The number of aromatic nitrogens is 1. The summed E-state index contributed by atoms with van der Waals surface area (Å²) >= 11 is 0. The van der Waals surface area contributed by atoms with E-state index in [0.717, 1.165) is 50.3 Å². The molecule has 0 aliphatic rings. The van der Waals surface area contributed by atoms with E-state index in [2.05, 4.69) is 31.2 Å². The second-order valence-corrected chi connectivity index (χ2v) is 9.04. The van der Waals surface area contributed by atoms with E-state index >= 15 is 0 Å².